The molecule has 14 heavy (non-hydrogen) atoms. The summed E-state index contributed by atoms with van der Waals surface area (Å²) in [5.74, 6) is -0.234. The van der Waals surface area contributed by atoms with E-state index in [1.165, 1.54) is 6.20 Å². The van der Waals surface area contributed by atoms with Gasteiger partial charge in [0.05, 0.1) is 6.54 Å². The van der Waals surface area contributed by atoms with Crippen molar-refractivity contribution in [2.75, 3.05) is 20.6 Å². The third-order valence-corrected chi connectivity index (χ3v) is 1.80. The smallest absolute Gasteiger partial charge is 0.262 e. The third kappa shape index (κ3) is 2.61. The molecular formula is C8H11N3O2S. The van der Waals surface area contributed by atoms with Gasteiger partial charge in [-0.05, 0) is 26.3 Å². The summed E-state index contributed by atoms with van der Waals surface area (Å²) in [6.45, 7) is 0.202. The lowest BCUT2D eigenvalue weighted by Gasteiger charge is -2.06. The van der Waals surface area contributed by atoms with Gasteiger partial charge < -0.3 is 9.88 Å². The number of aromatic nitrogens is 2. The number of ketones is 1. The van der Waals surface area contributed by atoms with Crippen molar-refractivity contribution in [2.24, 2.45) is 0 Å². The van der Waals surface area contributed by atoms with E-state index in [-0.39, 0.29) is 22.7 Å². The summed E-state index contributed by atoms with van der Waals surface area (Å²) in [5, 5.41) is 0. The zero-order chi connectivity index (χ0) is 10.7. The lowest BCUT2D eigenvalue weighted by atomic mass is 10.2. The maximum absolute atomic E-state index is 11.5. The summed E-state index contributed by atoms with van der Waals surface area (Å²) in [6.07, 6.45) is 1.34. The number of H-pyrrole nitrogens is 2. The van der Waals surface area contributed by atoms with Crippen LogP contribution in [0.1, 0.15) is 10.4 Å². The van der Waals surface area contributed by atoms with E-state index in [2.05, 4.69) is 9.97 Å². The lowest BCUT2D eigenvalue weighted by Crippen LogP contribution is -2.27. The molecule has 0 saturated carbocycles. The molecule has 0 amide bonds. The molecule has 2 N–H and O–H groups in total. The predicted molar refractivity (Wildman–Crippen MR) is 55.1 cm³/mol. The molecule has 0 aliphatic heterocycles. The highest BCUT2D eigenvalue weighted by molar-refractivity contribution is 7.71. The van der Waals surface area contributed by atoms with Crippen molar-refractivity contribution in [3.8, 4) is 0 Å². The van der Waals surface area contributed by atoms with Gasteiger partial charge in [-0.1, -0.05) is 0 Å². The summed E-state index contributed by atoms with van der Waals surface area (Å²) in [7, 11) is 3.52. The number of nitrogens with zero attached hydrogens (tertiary/aromatic N) is 1. The van der Waals surface area contributed by atoms with Gasteiger partial charge in [-0.3, -0.25) is 14.6 Å². The van der Waals surface area contributed by atoms with Crippen molar-refractivity contribution in [3.05, 3.63) is 26.9 Å². The number of hydrogen-bond donors (Lipinski definition) is 2. The van der Waals surface area contributed by atoms with Crippen molar-refractivity contribution in [1.82, 2.24) is 14.9 Å². The average molecular weight is 213 g/mol. The van der Waals surface area contributed by atoms with Crippen LogP contribution in [0.4, 0.5) is 0 Å². The van der Waals surface area contributed by atoms with Gasteiger partial charge in [0.15, 0.2) is 10.6 Å². The molecule has 1 aromatic rings. The highest BCUT2D eigenvalue weighted by atomic mass is 32.1. The number of likely N-dealkylation sites (N-methyl/N-ethyl adjacent to an activating group) is 1. The van der Waals surface area contributed by atoms with E-state index in [1.54, 1.807) is 19.0 Å². The maximum atomic E-state index is 11.5. The monoisotopic (exact) mass is 213 g/mol. The third-order valence-electron chi connectivity index (χ3n) is 1.58. The fourth-order valence-corrected chi connectivity index (χ4v) is 1.14. The minimum atomic E-state index is -0.444. The van der Waals surface area contributed by atoms with Crippen LogP contribution in [0.25, 0.3) is 0 Å². The molecule has 0 fully saturated rings. The molecule has 1 heterocycles. The minimum absolute atomic E-state index is 0.104. The summed E-state index contributed by atoms with van der Waals surface area (Å²) in [6, 6.07) is 0. The molecule has 0 atom stereocenters. The fourth-order valence-electron chi connectivity index (χ4n) is 0.989. The van der Waals surface area contributed by atoms with Gasteiger partial charge in [-0.15, -0.1) is 0 Å². The molecular weight excluding hydrogens is 202 g/mol. The van der Waals surface area contributed by atoms with Crippen molar-refractivity contribution < 1.29 is 4.79 Å². The quantitative estimate of drug-likeness (QED) is 0.555. The van der Waals surface area contributed by atoms with Gasteiger partial charge >= 0.3 is 0 Å². The molecule has 0 bridgehead atoms. The van der Waals surface area contributed by atoms with E-state index >= 15 is 0 Å². The van der Waals surface area contributed by atoms with Gasteiger partial charge in [-0.2, -0.15) is 0 Å². The Morgan fingerprint density at radius 1 is 1.57 bits per heavy atom. The summed E-state index contributed by atoms with van der Waals surface area (Å²) in [4.78, 5) is 29.4. The van der Waals surface area contributed by atoms with Crippen LogP contribution in [0, 0.1) is 4.77 Å². The number of carbonyl (C=O) groups excluding carboxylic acids is 1. The molecule has 0 unspecified atom stereocenters. The first-order valence-electron chi connectivity index (χ1n) is 4.00. The van der Waals surface area contributed by atoms with Gasteiger partial charge in [-0.25, -0.2) is 0 Å². The van der Waals surface area contributed by atoms with Crippen molar-refractivity contribution >= 4 is 18.0 Å². The van der Waals surface area contributed by atoms with E-state index in [1.807, 2.05) is 0 Å². The van der Waals surface area contributed by atoms with Crippen molar-refractivity contribution in [2.45, 2.75) is 0 Å². The summed E-state index contributed by atoms with van der Waals surface area (Å²) < 4.78 is 0.219. The zero-order valence-corrected chi connectivity index (χ0v) is 8.77. The van der Waals surface area contributed by atoms with Crippen LogP contribution in [0.2, 0.25) is 0 Å². The lowest BCUT2D eigenvalue weighted by molar-refractivity contribution is 0.0956. The standard InChI is InChI=1S/C8H11N3O2S/c1-11(2)4-6(12)5-3-9-8(14)10-7(5)13/h3H,4H2,1-2H3,(H2,9,10,13,14). The van der Waals surface area contributed by atoms with Crippen molar-refractivity contribution in [3.63, 3.8) is 0 Å². The van der Waals surface area contributed by atoms with E-state index in [0.29, 0.717) is 0 Å². The van der Waals surface area contributed by atoms with Crippen LogP contribution < -0.4 is 5.56 Å². The Kier molecular flexibility index (Phi) is 3.32. The molecule has 0 radical (unpaired) electrons. The van der Waals surface area contributed by atoms with E-state index in [4.69, 9.17) is 12.2 Å². The van der Waals surface area contributed by atoms with E-state index in [9.17, 15) is 9.59 Å². The van der Waals surface area contributed by atoms with Gasteiger partial charge in [0.1, 0.15) is 5.56 Å². The van der Waals surface area contributed by atoms with Gasteiger partial charge in [0.2, 0.25) is 0 Å². The molecule has 6 heteroatoms. The van der Waals surface area contributed by atoms with Crippen LogP contribution >= 0.6 is 12.2 Å². The largest absolute Gasteiger partial charge is 0.338 e. The average Bonchev–Trinajstić information content (AvgIpc) is 2.01. The van der Waals surface area contributed by atoms with E-state index < -0.39 is 5.56 Å². The topological polar surface area (TPSA) is 69.0 Å². The zero-order valence-electron chi connectivity index (χ0n) is 7.96. The SMILES string of the molecule is CN(C)CC(=O)c1c[nH]c(=S)[nH]c1=O. The Hall–Kier alpha value is -1.27. The number of Topliss-reactive ketones (excluding diaryl/α,β-unsaturated/α-hetero) is 1. The minimum Gasteiger partial charge on any atom is -0.338 e. The first kappa shape index (κ1) is 10.8. The fraction of sp³-hybridized carbons (Fsp3) is 0.375. The number of aromatic amines is 2. The molecule has 0 aromatic carbocycles. The molecule has 5 nitrogen and oxygen atoms in total. The highest BCUT2D eigenvalue weighted by Crippen LogP contribution is 1.91. The molecule has 0 aliphatic carbocycles. The first-order valence-corrected chi connectivity index (χ1v) is 4.41. The summed E-state index contributed by atoms with van der Waals surface area (Å²) in [5.41, 5.74) is -0.340. The number of hydrogen-bond acceptors (Lipinski definition) is 4. The van der Waals surface area contributed by atoms with Crippen LogP contribution in [-0.2, 0) is 0 Å². The number of carbonyl (C=O) groups is 1. The molecule has 1 aromatic heterocycles. The normalized spacial score (nSPS) is 10.5. The number of nitrogens with one attached hydrogen (secondary N) is 2. The van der Waals surface area contributed by atoms with Gasteiger partial charge in [0.25, 0.3) is 5.56 Å². The maximum Gasteiger partial charge on any atom is 0.262 e. The molecule has 0 spiro atoms. The Morgan fingerprint density at radius 2 is 2.21 bits per heavy atom. The number of rotatable bonds is 3. The Labute approximate surface area is 85.8 Å². The predicted octanol–water partition coefficient (Wildman–Crippen LogP) is 0.177. The van der Waals surface area contributed by atoms with Crippen LogP contribution in [0.3, 0.4) is 0 Å². The van der Waals surface area contributed by atoms with Crippen LogP contribution in [0.5, 0.6) is 0 Å². The van der Waals surface area contributed by atoms with Gasteiger partial charge in [0, 0.05) is 6.20 Å². The molecule has 76 valence electrons. The van der Waals surface area contributed by atoms with Crippen LogP contribution in [-0.4, -0.2) is 41.3 Å². The highest BCUT2D eigenvalue weighted by Gasteiger charge is 2.10. The van der Waals surface area contributed by atoms with Crippen LogP contribution in [0.15, 0.2) is 11.0 Å². The van der Waals surface area contributed by atoms with Crippen molar-refractivity contribution in [1.29, 1.82) is 0 Å². The molecule has 0 aliphatic rings. The second-order valence-electron chi connectivity index (χ2n) is 3.15. The Morgan fingerprint density at radius 3 is 2.71 bits per heavy atom. The molecule has 0 saturated heterocycles. The second-order valence-corrected chi connectivity index (χ2v) is 3.55. The first-order chi connectivity index (χ1) is 6.50. The Bertz CT molecular complexity index is 446. The van der Waals surface area contributed by atoms with E-state index in [0.717, 1.165) is 0 Å². The second kappa shape index (κ2) is 4.30. The summed E-state index contributed by atoms with van der Waals surface area (Å²) >= 11 is 4.70. The Balaban J connectivity index is 3.03. The molecule has 1 rings (SSSR count).